The van der Waals surface area contributed by atoms with E-state index in [1.54, 1.807) is 42.5 Å². The number of nitrogens with zero attached hydrogens (tertiary/aromatic N) is 2. The second kappa shape index (κ2) is 7.07. The number of aryl methyl sites for hydroxylation is 1. The van der Waals surface area contributed by atoms with Gasteiger partial charge in [0.05, 0.1) is 5.39 Å². The van der Waals surface area contributed by atoms with Crippen LogP contribution in [0.3, 0.4) is 0 Å². The van der Waals surface area contributed by atoms with Crippen molar-refractivity contribution in [1.82, 2.24) is 9.78 Å². The molecule has 0 aliphatic rings. The highest BCUT2D eigenvalue weighted by Crippen LogP contribution is 2.24. The maximum Gasteiger partial charge on any atom is 0.276 e. The van der Waals surface area contributed by atoms with Crippen LogP contribution in [-0.4, -0.2) is 15.7 Å². The van der Waals surface area contributed by atoms with E-state index in [2.05, 4.69) is 10.4 Å². The smallest absolute Gasteiger partial charge is 0.276 e. The Hall–Kier alpha value is -2.66. The van der Waals surface area contributed by atoms with E-state index in [-0.39, 0.29) is 17.2 Å². The molecule has 0 saturated carbocycles. The molecule has 0 fully saturated rings. The van der Waals surface area contributed by atoms with Crippen molar-refractivity contribution in [3.05, 3.63) is 69.1 Å². The average molecular weight is 356 g/mol. The topological polar surface area (TPSA) is 64.0 Å². The Bertz CT molecular complexity index is 1010. The normalized spacial score (nSPS) is 10.8. The summed E-state index contributed by atoms with van der Waals surface area (Å²) in [7, 11) is 0. The first-order valence-electron chi connectivity index (χ1n) is 8.09. The SMILES string of the molecule is CCCn1nc(C(=O)Nc2cccc(Cl)c2C)c2ccccc2c1=O. The van der Waals surface area contributed by atoms with Gasteiger partial charge in [0.1, 0.15) is 0 Å². The van der Waals surface area contributed by atoms with Gasteiger partial charge >= 0.3 is 0 Å². The lowest BCUT2D eigenvalue weighted by Crippen LogP contribution is -2.27. The van der Waals surface area contributed by atoms with E-state index in [0.717, 1.165) is 12.0 Å². The van der Waals surface area contributed by atoms with Crippen LogP contribution in [0.2, 0.25) is 5.02 Å². The Morgan fingerprint density at radius 3 is 2.60 bits per heavy atom. The number of anilines is 1. The summed E-state index contributed by atoms with van der Waals surface area (Å²) >= 11 is 6.11. The number of hydrogen-bond donors (Lipinski definition) is 1. The molecule has 2 aromatic carbocycles. The van der Waals surface area contributed by atoms with Crippen LogP contribution >= 0.6 is 11.6 Å². The Morgan fingerprint density at radius 2 is 1.88 bits per heavy atom. The third kappa shape index (κ3) is 3.28. The minimum absolute atomic E-state index is 0.187. The van der Waals surface area contributed by atoms with Gasteiger partial charge in [-0.3, -0.25) is 9.59 Å². The van der Waals surface area contributed by atoms with Crippen molar-refractivity contribution in [2.45, 2.75) is 26.8 Å². The first-order valence-corrected chi connectivity index (χ1v) is 8.47. The molecule has 5 nitrogen and oxygen atoms in total. The number of nitrogens with one attached hydrogen (secondary N) is 1. The first-order chi connectivity index (χ1) is 12.0. The van der Waals surface area contributed by atoms with Crippen LogP contribution in [0.25, 0.3) is 10.8 Å². The quantitative estimate of drug-likeness (QED) is 0.768. The van der Waals surface area contributed by atoms with E-state index >= 15 is 0 Å². The molecule has 0 spiro atoms. The summed E-state index contributed by atoms with van der Waals surface area (Å²) in [6, 6.07) is 12.3. The lowest BCUT2D eigenvalue weighted by Gasteiger charge is -2.12. The molecule has 0 bridgehead atoms. The summed E-state index contributed by atoms with van der Waals surface area (Å²) < 4.78 is 1.35. The fraction of sp³-hybridized carbons (Fsp3) is 0.211. The molecular formula is C19H18ClN3O2. The van der Waals surface area contributed by atoms with Crippen LogP contribution in [-0.2, 0) is 6.54 Å². The van der Waals surface area contributed by atoms with E-state index in [1.165, 1.54) is 4.68 Å². The number of halogens is 1. The third-order valence-electron chi connectivity index (χ3n) is 4.03. The molecule has 25 heavy (non-hydrogen) atoms. The summed E-state index contributed by atoms with van der Waals surface area (Å²) in [5.74, 6) is -0.369. The zero-order valence-electron chi connectivity index (χ0n) is 14.0. The van der Waals surface area contributed by atoms with Crippen LogP contribution < -0.4 is 10.9 Å². The number of fused-ring (bicyclic) bond motifs is 1. The van der Waals surface area contributed by atoms with E-state index in [1.807, 2.05) is 13.8 Å². The zero-order chi connectivity index (χ0) is 18.0. The molecule has 0 aliphatic heterocycles. The van der Waals surface area contributed by atoms with Gasteiger partial charge in [0.15, 0.2) is 5.69 Å². The van der Waals surface area contributed by atoms with Crippen molar-refractivity contribution in [2.24, 2.45) is 0 Å². The maximum absolute atomic E-state index is 12.8. The number of carbonyl (C=O) groups excluding carboxylic acids is 1. The van der Waals surface area contributed by atoms with Crippen LogP contribution in [0.5, 0.6) is 0 Å². The van der Waals surface area contributed by atoms with E-state index in [0.29, 0.717) is 28.0 Å². The molecule has 3 aromatic rings. The van der Waals surface area contributed by atoms with Crippen molar-refractivity contribution in [2.75, 3.05) is 5.32 Å². The Morgan fingerprint density at radius 1 is 1.16 bits per heavy atom. The molecule has 0 unspecified atom stereocenters. The van der Waals surface area contributed by atoms with Gasteiger partial charge < -0.3 is 5.32 Å². The molecule has 0 atom stereocenters. The standard InChI is InChI=1S/C19H18ClN3O2/c1-3-11-23-19(25)14-8-5-4-7-13(14)17(22-23)18(24)21-16-10-6-9-15(20)12(16)2/h4-10H,3,11H2,1-2H3,(H,21,24). The second-order valence-electron chi connectivity index (χ2n) is 5.79. The van der Waals surface area contributed by atoms with Crippen molar-refractivity contribution in [1.29, 1.82) is 0 Å². The van der Waals surface area contributed by atoms with Crippen LogP contribution in [0.4, 0.5) is 5.69 Å². The number of rotatable bonds is 4. The molecule has 1 amide bonds. The highest BCUT2D eigenvalue weighted by molar-refractivity contribution is 6.31. The van der Waals surface area contributed by atoms with Crippen molar-refractivity contribution in [3.8, 4) is 0 Å². The third-order valence-corrected chi connectivity index (χ3v) is 4.44. The second-order valence-corrected chi connectivity index (χ2v) is 6.20. The lowest BCUT2D eigenvalue weighted by atomic mass is 10.1. The zero-order valence-corrected chi connectivity index (χ0v) is 14.8. The van der Waals surface area contributed by atoms with E-state index < -0.39 is 0 Å². The lowest BCUT2D eigenvalue weighted by molar-refractivity contribution is 0.102. The first kappa shape index (κ1) is 17.2. The predicted octanol–water partition coefficient (Wildman–Crippen LogP) is 4.02. The Labute approximate surface area is 150 Å². The van der Waals surface area contributed by atoms with Gasteiger partial charge in [-0.05, 0) is 37.1 Å². The molecular weight excluding hydrogens is 338 g/mol. The highest BCUT2D eigenvalue weighted by atomic mass is 35.5. The molecule has 3 rings (SSSR count). The molecule has 0 aliphatic carbocycles. The average Bonchev–Trinajstić information content (AvgIpc) is 2.61. The molecule has 0 radical (unpaired) electrons. The van der Waals surface area contributed by atoms with Gasteiger partial charge in [-0.25, -0.2) is 4.68 Å². The minimum atomic E-state index is -0.369. The number of aromatic nitrogens is 2. The van der Waals surface area contributed by atoms with E-state index in [4.69, 9.17) is 11.6 Å². The summed E-state index contributed by atoms with van der Waals surface area (Å²) in [4.78, 5) is 25.3. The summed E-state index contributed by atoms with van der Waals surface area (Å²) in [5.41, 5.74) is 1.44. The number of amides is 1. The van der Waals surface area contributed by atoms with Gasteiger partial charge in [0.25, 0.3) is 11.5 Å². The number of carbonyl (C=O) groups is 1. The molecule has 1 aromatic heterocycles. The molecule has 6 heteroatoms. The summed E-state index contributed by atoms with van der Waals surface area (Å²) in [5, 5.41) is 8.74. The number of hydrogen-bond acceptors (Lipinski definition) is 3. The molecule has 1 heterocycles. The van der Waals surface area contributed by atoms with Crippen molar-refractivity contribution < 1.29 is 4.79 Å². The fourth-order valence-corrected chi connectivity index (χ4v) is 2.87. The van der Waals surface area contributed by atoms with Crippen LogP contribution in [0.15, 0.2) is 47.3 Å². The Balaban J connectivity index is 2.11. The van der Waals surface area contributed by atoms with Gasteiger partial charge in [0, 0.05) is 22.6 Å². The molecule has 128 valence electrons. The minimum Gasteiger partial charge on any atom is -0.320 e. The van der Waals surface area contributed by atoms with Gasteiger partial charge in [-0.1, -0.05) is 42.8 Å². The van der Waals surface area contributed by atoms with Crippen LogP contribution in [0, 0.1) is 6.92 Å². The largest absolute Gasteiger partial charge is 0.320 e. The summed E-state index contributed by atoms with van der Waals surface area (Å²) in [6.45, 7) is 4.25. The van der Waals surface area contributed by atoms with Crippen LogP contribution in [0.1, 0.15) is 29.4 Å². The molecule has 1 N–H and O–H groups in total. The fourth-order valence-electron chi connectivity index (χ4n) is 2.69. The van der Waals surface area contributed by atoms with Crippen molar-refractivity contribution in [3.63, 3.8) is 0 Å². The highest BCUT2D eigenvalue weighted by Gasteiger charge is 2.17. The maximum atomic E-state index is 12.8. The van der Waals surface area contributed by atoms with Gasteiger partial charge in [-0.2, -0.15) is 5.10 Å². The van der Waals surface area contributed by atoms with Gasteiger partial charge in [0.2, 0.25) is 0 Å². The predicted molar refractivity (Wildman–Crippen MR) is 100 cm³/mol. The Kier molecular flexibility index (Phi) is 4.86. The molecule has 0 saturated heterocycles. The summed E-state index contributed by atoms with van der Waals surface area (Å²) in [6.07, 6.45) is 0.750. The number of benzene rings is 2. The monoisotopic (exact) mass is 355 g/mol. The van der Waals surface area contributed by atoms with E-state index in [9.17, 15) is 9.59 Å². The van der Waals surface area contributed by atoms with Crippen molar-refractivity contribution >= 4 is 34.0 Å². The van der Waals surface area contributed by atoms with Gasteiger partial charge in [-0.15, -0.1) is 0 Å².